The van der Waals surface area contributed by atoms with Gasteiger partial charge in [0.25, 0.3) is 0 Å². The van der Waals surface area contributed by atoms with Gasteiger partial charge in [-0.2, -0.15) is 0 Å². The number of hydrogen-bond acceptors (Lipinski definition) is 2. The SMILES string of the molecule is CC(=O)c1cc(Cl)ccc1OCCC(C)CCCl. The standard InChI is InChI=1S/C14H18Cl2O2/c1-10(5-7-15)6-8-18-14-4-3-12(16)9-13(14)11(2)17/h3-4,9-10H,5-8H2,1-2H3. The van der Waals surface area contributed by atoms with Gasteiger partial charge < -0.3 is 4.74 Å². The van der Waals surface area contributed by atoms with Gasteiger partial charge in [0.15, 0.2) is 5.78 Å². The van der Waals surface area contributed by atoms with E-state index in [1.54, 1.807) is 18.2 Å². The Morgan fingerprint density at radius 1 is 1.39 bits per heavy atom. The van der Waals surface area contributed by atoms with E-state index in [0.717, 1.165) is 12.8 Å². The number of ether oxygens (including phenoxy) is 1. The minimum absolute atomic E-state index is 0.0405. The van der Waals surface area contributed by atoms with Crippen LogP contribution in [0.1, 0.15) is 37.0 Å². The summed E-state index contributed by atoms with van der Waals surface area (Å²) in [6, 6.07) is 5.11. The molecule has 0 aliphatic heterocycles. The number of carbonyl (C=O) groups is 1. The van der Waals surface area contributed by atoms with Crippen LogP contribution in [-0.4, -0.2) is 18.3 Å². The summed E-state index contributed by atoms with van der Waals surface area (Å²) in [5, 5.41) is 0.544. The fraction of sp³-hybridized carbons (Fsp3) is 0.500. The lowest BCUT2D eigenvalue weighted by Gasteiger charge is -2.13. The minimum Gasteiger partial charge on any atom is -0.493 e. The molecule has 0 radical (unpaired) electrons. The van der Waals surface area contributed by atoms with Crippen molar-refractivity contribution >= 4 is 29.0 Å². The van der Waals surface area contributed by atoms with E-state index in [1.165, 1.54) is 6.92 Å². The highest BCUT2D eigenvalue weighted by Crippen LogP contribution is 2.24. The third-order valence-corrected chi connectivity index (χ3v) is 3.24. The van der Waals surface area contributed by atoms with E-state index < -0.39 is 0 Å². The van der Waals surface area contributed by atoms with Gasteiger partial charge in [0, 0.05) is 10.9 Å². The first-order chi connectivity index (χ1) is 8.54. The second kappa shape index (κ2) is 7.65. The molecular weight excluding hydrogens is 271 g/mol. The minimum atomic E-state index is -0.0405. The molecule has 0 heterocycles. The molecule has 0 aromatic heterocycles. The third kappa shape index (κ3) is 4.87. The van der Waals surface area contributed by atoms with Crippen molar-refractivity contribution < 1.29 is 9.53 Å². The second-order valence-electron chi connectivity index (χ2n) is 4.42. The normalized spacial score (nSPS) is 12.2. The Hall–Kier alpha value is -0.730. The smallest absolute Gasteiger partial charge is 0.163 e. The van der Waals surface area contributed by atoms with Crippen molar-refractivity contribution in [3.63, 3.8) is 0 Å². The van der Waals surface area contributed by atoms with Crippen molar-refractivity contribution in [1.29, 1.82) is 0 Å². The molecule has 0 aliphatic rings. The molecule has 0 spiro atoms. The highest BCUT2D eigenvalue weighted by atomic mass is 35.5. The topological polar surface area (TPSA) is 26.3 Å². The van der Waals surface area contributed by atoms with Gasteiger partial charge >= 0.3 is 0 Å². The Morgan fingerprint density at radius 2 is 2.11 bits per heavy atom. The Bertz CT molecular complexity index is 405. The van der Waals surface area contributed by atoms with Crippen LogP contribution in [0.5, 0.6) is 5.75 Å². The van der Waals surface area contributed by atoms with Crippen molar-refractivity contribution in [3.8, 4) is 5.75 Å². The van der Waals surface area contributed by atoms with E-state index >= 15 is 0 Å². The summed E-state index contributed by atoms with van der Waals surface area (Å²) >= 11 is 11.5. The lowest BCUT2D eigenvalue weighted by Crippen LogP contribution is -2.07. The van der Waals surface area contributed by atoms with Crippen LogP contribution in [0.2, 0.25) is 5.02 Å². The maximum Gasteiger partial charge on any atom is 0.163 e. The van der Waals surface area contributed by atoms with Gasteiger partial charge in [-0.25, -0.2) is 0 Å². The summed E-state index contributed by atoms with van der Waals surface area (Å²) in [5.74, 6) is 1.75. The van der Waals surface area contributed by atoms with Gasteiger partial charge in [-0.15, -0.1) is 11.6 Å². The summed E-state index contributed by atoms with van der Waals surface area (Å²) in [6.45, 7) is 4.23. The Labute approximate surface area is 118 Å². The fourth-order valence-electron chi connectivity index (χ4n) is 1.60. The first-order valence-corrected chi connectivity index (χ1v) is 6.95. The first kappa shape index (κ1) is 15.3. The summed E-state index contributed by atoms with van der Waals surface area (Å²) in [7, 11) is 0. The Morgan fingerprint density at radius 3 is 2.72 bits per heavy atom. The van der Waals surface area contributed by atoms with Crippen molar-refractivity contribution in [1.82, 2.24) is 0 Å². The van der Waals surface area contributed by atoms with Crippen LogP contribution in [0, 0.1) is 5.92 Å². The molecule has 1 rings (SSSR count). The first-order valence-electron chi connectivity index (χ1n) is 6.04. The molecule has 0 fully saturated rings. The number of ketones is 1. The lowest BCUT2D eigenvalue weighted by atomic mass is 10.1. The zero-order chi connectivity index (χ0) is 13.5. The van der Waals surface area contributed by atoms with Gasteiger partial charge in [0.1, 0.15) is 5.75 Å². The van der Waals surface area contributed by atoms with Crippen molar-refractivity contribution in [2.24, 2.45) is 5.92 Å². The molecule has 18 heavy (non-hydrogen) atoms. The molecule has 0 bridgehead atoms. The van der Waals surface area contributed by atoms with E-state index in [4.69, 9.17) is 27.9 Å². The largest absolute Gasteiger partial charge is 0.493 e. The van der Waals surface area contributed by atoms with Gasteiger partial charge in [-0.05, 0) is 43.9 Å². The van der Waals surface area contributed by atoms with E-state index in [0.29, 0.717) is 34.7 Å². The predicted molar refractivity (Wildman–Crippen MR) is 76.1 cm³/mol. The molecule has 0 aliphatic carbocycles. The van der Waals surface area contributed by atoms with E-state index in [2.05, 4.69) is 6.92 Å². The summed E-state index contributed by atoms with van der Waals surface area (Å²) in [5.41, 5.74) is 0.535. The monoisotopic (exact) mass is 288 g/mol. The molecular formula is C14H18Cl2O2. The molecule has 0 saturated carbocycles. The van der Waals surface area contributed by atoms with Crippen LogP contribution >= 0.6 is 23.2 Å². The Balaban J connectivity index is 2.59. The average Bonchev–Trinajstić information content (AvgIpc) is 2.31. The van der Waals surface area contributed by atoms with Gasteiger partial charge in [-0.3, -0.25) is 4.79 Å². The van der Waals surface area contributed by atoms with Gasteiger partial charge in [0.2, 0.25) is 0 Å². The number of alkyl halides is 1. The van der Waals surface area contributed by atoms with E-state index in [-0.39, 0.29) is 5.78 Å². The number of rotatable bonds is 7. The lowest BCUT2D eigenvalue weighted by molar-refractivity contribution is 0.101. The summed E-state index contributed by atoms with van der Waals surface area (Å²) in [4.78, 5) is 11.5. The number of halogens is 2. The van der Waals surface area contributed by atoms with E-state index in [1.807, 2.05) is 0 Å². The predicted octanol–water partition coefficient (Wildman–Crippen LogP) is 4.58. The van der Waals surface area contributed by atoms with Crippen LogP contribution in [0.25, 0.3) is 0 Å². The third-order valence-electron chi connectivity index (χ3n) is 2.79. The van der Waals surface area contributed by atoms with Crippen LogP contribution in [0.3, 0.4) is 0 Å². The molecule has 0 saturated heterocycles. The highest BCUT2D eigenvalue weighted by Gasteiger charge is 2.10. The van der Waals surface area contributed by atoms with Crippen molar-refractivity contribution in [3.05, 3.63) is 28.8 Å². The Kier molecular flexibility index (Phi) is 6.51. The maximum atomic E-state index is 11.5. The quantitative estimate of drug-likeness (QED) is 0.542. The molecule has 100 valence electrons. The molecule has 0 amide bonds. The van der Waals surface area contributed by atoms with Crippen LogP contribution in [-0.2, 0) is 0 Å². The number of hydrogen-bond donors (Lipinski definition) is 0. The molecule has 1 unspecified atom stereocenters. The zero-order valence-corrected chi connectivity index (χ0v) is 12.2. The zero-order valence-electron chi connectivity index (χ0n) is 10.7. The van der Waals surface area contributed by atoms with Crippen LogP contribution in [0.15, 0.2) is 18.2 Å². The van der Waals surface area contributed by atoms with Gasteiger partial charge in [0.05, 0.1) is 12.2 Å². The van der Waals surface area contributed by atoms with Crippen molar-refractivity contribution in [2.75, 3.05) is 12.5 Å². The number of Topliss-reactive ketones (excluding diaryl/α,β-unsaturated/α-hetero) is 1. The average molecular weight is 289 g/mol. The highest BCUT2D eigenvalue weighted by molar-refractivity contribution is 6.31. The number of benzene rings is 1. The maximum absolute atomic E-state index is 11.5. The van der Waals surface area contributed by atoms with Crippen LogP contribution < -0.4 is 4.74 Å². The second-order valence-corrected chi connectivity index (χ2v) is 5.23. The summed E-state index contributed by atoms with van der Waals surface area (Å²) in [6.07, 6.45) is 1.90. The molecule has 1 aromatic rings. The van der Waals surface area contributed by atoms with E-state index in [9.17, 15) is 4.79 Å². The van der Waals surface area contributed by atoms with Crippen molar-refractivity contribution in [2.45, 2.75) is 26.7 Å². The molecule has 1 aromatic carbocycles. The molecule has 2 nitrogen and oxygen atoms in total. The van der Waals surface area contributed by atoms with Gasteiger partial charge in [-0.1, -0.05) is 18.5 Å². The summed E-state index contributed by atoms with van der Waals surface area (Å²) < 4.78 is 5.65. The molecule has 4 heteroatoms. The fourth-order valence-corrected chi connectivity index (χ4v) is 2.15. The molecule has 1 atom stereocenters. The van der Waals surface area contributed by atoms with Crippen LogP contribution in [0.4, 0.5) is 0 Å². The molecule has 0 N–H and O–H groups in total. The number of carbonyl (C=O) groups excluding carboxylic acids is 1.